The second-order valence-electron chi connectivity index (χ2n) is 11.5. The minimum absolute atomic E-state index is 0.391. The number of aromatic nitrogens is 3. The first kappa shape index (κ1) is 33.1. The van der Waals surface area contributed by atoms with Gasteiger partial charge in [-0.15, -0.1) is 23.5 Å². The van der Waals surface area contributed by atoms with Gasteiger partial charge in [0.05, 0.1) is 19.4 Å². The van der Waals surface area contributed by atoms with Crippen molar-refractivity contribution in [3.05, 3.63) is 88.0 Å². The van der Waals surface area contributed by atoms with Crippen molar-refractivity contribution in [1.82, 2.24) is 19.7 Å². The van der Waals surface area contributed by atoms with Crippen molar-refractivity contribution in [3.8, 4) is 16.9 Å². The number of hydrogen-bond donors (Lipinski definition) is 2. The number of hydrogen-bond acceptors (Lipinski definition) is 8. The van der Waals surface area contributed by atoms with Gasteiger partial charge in [-0.2, -0.15) is 5.10 Å². The summed E-state index contributed by atoms with van der Waals surface area (Å²) in [5, 5.41) is 20.6. The molecule has 244 valence electrons. The van der Waals surface area contributed by atoms with Crippen molar-refractivity contribution in [2.75, 3.05) is 32.3 Å². The molecule has 0 saturated carbocycles. The van der Waals surface area contributed by atoms with Crippen molar-refractivity contribution in [2.45, 2.75) is 37.5 Å². The lowest BCUT2D eigenvalue weighted by Crippen LogP contribution is -2.13. The molecule has 5 aromatic rings. The van der Waals surface area contributed by atoms with Crippen LogP contribution < -0.4 is 10.1 Å². The predicted octanol–water partition coefficient (Wildman–Crippen LogP) is 8.18. The van der Waals surface area contributed by atoms with E-state index in [0.717, 1.165) is 66.1 Å². The molecule has 1 aliphatic rings. The lowest BCUT2D eigenvalue weighted by Gasteiger charge is -2.14. The van der Waals surface area contributed by atoms with Crippen molar-refractivity contribution < 1.29 is 14.3 Å². The highest BCUT2D eigenvalue weighted by Gasteiger charge is 2.27. The van der Waals surface area contributed by atoms with Crippen LogP contribution in [0.3, 0.4) is 0 Å². The van der Waals surface area contributed by atoms with Crippen LogP contribution in [0.15, 0.2) is 65.2 Å². The molecule has 2 aromatic heterocycles. The Balaban J connectivity index is 1.48. The average Bonchev–Trinajstić information content (AvgIpc) is 3.51. The third kappa shape index (κ3) is 6.51. The van der Waals surface area contributed by atoms with Crippen LogP contribution in [0.5, 0.6) is 5.75 Å². The number of fused-ring (bicyclic) bond motifs is 6. The van der Waals surface area contributed by atoms with Crippen molar-refractivity contribution in [2.24, 2.45) is 7.05 Å². The highest BCUT2D eigenvalue weighted by atomic mass is 35.5. The fraction of sp³-hybridized carbons (Fsp3) is 0.306. The molecule has 3 aromatic carbocycles. The second kappa shape index (κ2) is 14.1. The summed E-state index contributed by atoms with van der Waals surface area (Å²) < 4.78 is 15.7. The van der Waals surface area contributed by atoms with E-state index in [4.69, 9.17) is 31.6 Å². The van der Waals surface area contributed by atoms with Crippen LogP contribution in [-0.2, 0) is 24.1 Å². The van der Waals surface area contributed by atoms with E-state index in [9.17, 15) is 4.79 Å². The van der Waals surface area contributed by atoms with Gasteiger partial charge in [-0.1, -0.05) is 35.9 Å². The zero-order valence-corrected chi connectivity index (χ0v) is 29.6. The number of methoxy groups -OCH3 is 1. The summed E-state index contributed by atoms with van der Waals surface area (Å²) in [4.78, 5) is 14.4. The molecule has 8 nitrogen and oxygen atoms in total. The molecule has 3 heterocycles. The van der Waals surface area contributed by atoms with E-state index in [-0.39, 0.29) is 0 Å². The number of nitrogens with one attached hydrogen (secondary N) is 2. The smallest absolute Gasteiger partial charge is 0.354 e. The molecule has 0 aliphatic carbocycles. The Morgan fingerprint density at radius 3 is 2.70 bits per heavy atom. The van der Waals surface area contributed by atoms with Crippen LogP contribution in [0.4, 0.5) is 0 Å². The molecule has 6 bridgehead atoms. The molecule has 0 atom stereocenters. The minimum Gasteiger partial charge on any atom is -0.493 e. The third-order valence-electron chi connectivity index (χ3n) is 8.60. The Kier molecular flexibility index (Phi) is 9.91. The largest absolute Gasteiger partial charge is 0.493 e. The second-order valence-corrected chi connectivity index (χ2v) is 14.0. The predicted molar refractivity (Wildman–Crippen MR) is 196 cm³/mol. The maximum absolute atomic E-state index is 13.3. The maximum atomic E-state index is 13.3. The van der Waals surface area contributed by atoms with E-state index < -0.39 is 5.97 Å². The number of thioether (sulfide) groups is 2. The Labute approximate surface area is 288 Å². The number of ether oxygens (including phenoxy) is 2. The number of halogens is 1. The molecule has 6 rings (SSSR count). The van der Waals surface area contributed by atoms with Crippen LogP contribution in [-0.4, -0.2) is 58.3 Å². The summed E-state index contributed by atoms with van der Waals surface area (Å²) in [7, 11) is 5.25. The zero-order valence-electron chi connectivity index (χ0n) is 27.2. The van der Waals surface area contributed by atoms with Gasteiger partial charge in [0.25, 0.3) is 0 Å². The molecule has 0 amide bonds. The fourth-order valence-electron chi connectivity index (χ4n) is 6.27. The zero-order chi connectivity index (χ0) is 33.2. The summed E-state index contributed by atoms with van der Waals surface area (Å²) in [6.07, 6.45) is 2.59. The molecule has 0 saturated heterocycles. The normalized spacial score (nSPS) is 15.9. The lowest BCUT2D eigenvalue weighted by atomic mass is 9.97. The Morgan fingerprint density at radius 1 is 1.11 bits per heavy atom. The SMILES string of the molecule is CN/C1=C\C(=N)CSCc2nn(C)c(C)c2-c2c(Cl)ccc3c2c(C)c(C(=O)OC)n3CCCOc2cc(cc3ccccc23)SC1. The van der Waals surface area contributed by atoms with Crippen LogP contribution in [0.25, 0.3) is 32.8 Å². The Bertz CT molecular complexity index is 2050. The Hall–Kier alpha value is -3.86. The molecular weight excluding hydrogens is 650 g/mol. The number of benzene rings is 3. The van der Waals surface area contributed by atoms with Crippen LogP contribution >= 0.6 is 35.1 Å². The summed E-state index contributed by atoms with van der Waals surface area (Å²) >= 11 is 10.4. The van der Waals surface area contributed by atoms with Crippen molar-refractivity contribution in [3.63, 3.8) is 0 Å². The van der Waals surface area contributed by atoms with Gasteiger partial charge in [-0.25, -0.2) is 4.79 Å². The first-order valence-corrected chi connectivity index (χ1v) is 18.0. The first-order valence-electron chi connectivity index (χ1n) is 15.5. The first-order chi connectivity index (χ1) is 22.7. The van der Waals surface area contributed by atoms with Crippen molar-refractivity contribution >= 4 is 68.5 Å². The number of carbonyl (C=O) groups excluding carboxylic acids is 1. The van der Waals surface area contributed by atoms with Gasteiger partial charge < -0.3 is 24.8 Å². The van der Waals surface area contributed by atoms with Gasteiger partial charge in [-0.05, 0) is 61.6 Å². The number of esters is 1. The molecule has 1 aliphatic heterocycles. The number of allylic oxidation sites excluding steroid dienone is 1. The molecule has 0 radical (unpaired) electrons. The van der Waals surface area contributed by atoms with E-state index >= 15 is 0 Å². The van der Waals surface area contributed by atoms with E-state index in [2.05, 4.69) is 29.6 Å². The van der Waals surface area contributed by atoms with Crippen LogP contribution in [0, 0.1) is 19.3 Å². The molecule has 47 heavy (non-hydrogen) atoms. The van der Waals surface area contributed by atoms with E-state index in [0.29, 0.717) is 53.3 Å². The monoisotopic (exact) mass is 687 g/mol. The topological polar surface area (TPSA) is 94.2 Å². The molecule has 0 spiro atoms. The molecule has 0 fully saturated rings. The maximum Gasteiger partial charge on any atom is 0.354 e. The third-order valence-corrected chi connectivity index (χ3v) is 10.9. The number of carbonyl (C=O) groups is 1. The minimum atomic E-state index is -0.391. The fourth-order valence-corrected chi connectivity index (χ4v) is 8.27. The average molecular weight is 688 g/mol. The molecule has 11 heteroatoms. The van der Waals surface area contributed by atoms with Gasteiger partial charge in [0.2, 0.25) is 0 Å². The quantitative estimate of drug-likeness (QED) is 0.181. The van der Waals surface area contributed by atoms with Gasteiger partial charge in [-0.3, -0.25) is 4.68 Å². The molecular formula is C36H38ClN5O3S2. The van der Waals surface area contributed by atoms with Gasteiger partial charge in [0.1, 0.15) is 11.4 Å². The van der Waals surface area contributed by atoms with E-state index in [1.54, 1.807) is 23.5 Å². The van der Waals surface area contributed by atoms with Gasteiger partial charge >= 0.3 is 5.97 Å². The van der Waals surface area contributed by atoms with Gasteiger partial charge in [0, 0.05) is 92.3 Å². The molecule has 0 unspecified atom stereocenters. The number of nitrogens with zero attached hydrogens (tertiary/aromatic N) is 3. The highest BCUT2D eigenvalue weighted by molar-refractivity contribution is 7.99. The van der Waals surface area contributed by atoms with Crippen molar-refractivity contribution in [1.29, 1.82) is 5.41 Å². The summed E-state index contributed by atoms with van der Waals surface area (Å²) in [6.45, 7) is 5.01. The lowest BCUT2D eigenvalue weighted by molar-refractivity contribution is 0.0587. The summed E-state index contributed by atoms with van der Waals surface area (Å²) in [5.41, 5.74) is 7.43. The van der Waals surface area contributed by atoms with Crippen LogP contribution in [0.2, 0.25) is 5.02 Å². The number of aryl methyl sites for hydroxylation is 3. The van der Waals surface area contributed by atoms with E-state index in [1.807, 2.05) is 67.5 Å². The standard InChI is InChI=1S/C36H38ClN5O3S2/c1-21-32-30-12-11-28(37)34(32)33-22(2)41(4)40-29(33)20-46-18-24(38)16-25(39-3)19-47-26-15-23-9-6-7-10-27(23)31(17-26)45-14-8-13-42(30)35(21)36(43)44-5/h6-7,9-12,15-17,38-39H,8,13-14,18-20H2,1-5H3/b25-16-,38-24?. The number of rotatable bonds is 2. The highest BCUT2D eigenvalue weighted by Crippen LogP contribution is 2.43. The molecule has 2 N–H and O–H groups in total. The Morgan fingerprint density at radius 2 is 1.91 bits per heavy atom. The van der Waals surface area contributed by atoms with Gasteiger partial charge in [0.15, 0.2) is 0 Å². The summed E-state index contributed by atoms with van der Waals surface area (Å²) in [5.74, 6) is 2.26. The van der Waals surface area contributed by atoms with E-state index in [1.165, 1.54) is 7.11 Å². The van der Waals surface area contributed by atoms with Crippen LogP contribution in [0.1, 0.15) is 33.9 Å². The summed E-state index contributed by atoms with van der Waals surface area (Å²) in [6, 6.07) is 16.4.